The fourth-order valence-electron chi connectivity index (χ4n) is 1.46. The zero-order valence-corrected chi connectivity index (χ0v) is 7.87. The summed E-state index contributed by atoms with van der Waals surface area (Å²) >= 11 is 0. The Bertz CT molecular complexity index is 257. The van der Waals surface area contributed by atoms with Crippen LogP contribution in [0.5, 0.6) is 0 Å². The van der Waals surface area contributed by atoms with E-state index in [1.165, 1.54) is 13.8 Å². The summed E-state index contributed by atoms with van der Waals surface area (Å²) in [6.07, 6.45) is -3.65. The van der Waals surface area contributed by atoms with Crippen molar-refractivity contribution < 1.29 is 23.8 Å². The molecule has 0 unspecified atom stereocenters. The van der Waals surface area contributed by atoms with E-state index in [0.717, 1.165) is 0 Å². The van der Waals surface area contributed by atoms with Gasteiger partial charge in [-0.15, -0.1) is 0 Å². The van der Waals surface area contributed by atoms with E-state index in [1.54, 1.807) is 0 Å². The Hall–Kier alpha value is -0.790. The molecule has 0 bridgehead atoms. The molecule has 1 saturated heterocycles. The van der Waals surface area contributed by atoms with E-state index in [0.29, 0.717) is 4.90 Å². The van der Waals surface area contributed by atoms with Crippen LogP contribution in [0.4, 0.5) is 8.78 Å². The lowest BCUT2D eigenvalue weighted by molar-refractivity contribution is -0.249. The highest BCUT2D eigenvalue weighted by Crippen LogP contribution is 2.39. The van der Waals surface area contributed by atoms with Crippen molar-refractivity contribution in [3.63, 3.8) is 0 Å². The number of alkyl halides is 2. The third-order valence-corrected chi connectivity index (χ3v) is 2.38. The Morgan fingerprint density at radius 3 is 2.00 bits per heavy atom. The van der Waals surface area contributed by atoms with Gasteiger partial charge in [-0.2, -0.15) is 13.7 Å². The van der Waals surface area contributed by atoms with E-state index in [-0.39, 0.29) is 4.90 Å². The number of nitrogens with zero attached hydrogens (tertiary/aromatic N) is 2. The summed E-state index contributed by atoms with van der Waals surface area (Å²) in [7, 11) is 0. The molecule has 1 aliphatic heterocycles. The van der Waals surface area contributed by atoms with Crippen molar-refractivity contribution in [1.82, 2.24) is 9.80 Å². The molecule has 2 N–H and O–H groups in total. The summed E-state index contributed by atoms with van der Waals surface area (Å²) in [5.74, 6) is -0.918. The minimum atomic E-state index is -3.65. The van der Waals surface area contributed by atoms with Gasteiger partial charge in [-0.3, -0.25) is 4.79 Å². The van der Waals surface area contributed by atoms with E-state index in [2.05, 4.69) is 0 Å². The van der Waals surface area contributed by atoms with Crippen LogP contribution in [0, 0.1) is 0 Å². The summed E-state index contributed by atoms with van der Waals surface area (Å²) < 4.78 is 26.7. The van der Waals surface area contributed by atoms with Crippen LogP contribution in [0.25, 0.3) is 0 Å². The first-order valence-corrected chi connectivity index (χ1v) is 3.99. The van der Waals surface area contributed by atoms with Crippen molar-refractivity contribution in [3.8, 4) is 0 Å². The van der Waals surface area contributed by atoms with Crippen LogP contribution in [0.1, 0.15) is 13.8 Å². The first-order valence-electron chi connectivity index (χ1n) is 3.99. The minimum absolute atomic E-state index is 0.0171. The molecule has 82 valence electrons. The molecule has 0 spiro atoms. The first kappa shape index (κ1) is 11.3. The van der Waals surface area contributed by atoms with Gasteiger partial charge in [0.15, 0.2) is 0 Å². The first-order chi connectivity index (χ1) is 6.30. The molecule has 1 amide bonds. The standard InChI is InChI=1S/C7H12F2N2O3/c1-6(2)5(14)10(3-12)7(8,9)11(6)4-13/h12-13H,3-4H2,1-2H3. The molecule has 0 aromatic heterocycles. The van der Waals surface area contributed by atoms with Gasteiger partial charge in [0.05, 0.1) is 0 Å². The predicted molar refractivity (Wildman–Crippen MR) is 41.9 cm³/mol. The second-order valence-electron chi connectivity index (χ2n) is 3.51. The number of carbonyl (C=O) groups is 1. The minimum Gasteiger partial charge on any atom is -0.381 e. The second-order valence-corrected chi connectivity index (χ2v) is 3.51. The van der Waals surface area contributed by atoms with Crippen LogP contribution in [0.3, 0.4) is 0 Å². The molecule has 7 heteroatoms. The average Bonchev–Trinajstić information content (AvgIpc) is 2.16. The van der Waals surface area contributed by atoms with Gasteiger partial charge in [0, 0.05) is 0 Å². The summed E-state index contributed by atoms with van der Waals surface area (Å²) in [5.41, 5.74) is -1.51. The number of carbonyl (C=O) groups excluding carboxylic acids is 1. The number of hydrogen-bond donors (Lipinski definition) is 2. The maximum absolute atomic E-state index is 13.3. The van der Waals surface area contributed by atoms with Gasteiger partial charge in [0.2, 0.25) is 5.91 Å². The molecule has 0 aromatic rings. The van der Waals surface area contributed by atoms with Gasteiger partial charge >= 0.3 is 6.17 Å². The van der Waals surface area contributed by atoms with Crippen LogP contribution in [-0.2, 0) is 4.79 Å². The van der Waals surface area contributed by atoms with Crippen molar-refractivity contribution in [3.05, 3.63) is 0 Å². The van der Waals surface area contributed by atoms with Gasteiger partial charge < -0.3 is 10.2 Å². The zero-order valence-electron chi connectivity index (χ0n) is 7.87. The molecule has 0 saturated carbocycles. The lowest BCUT2D eigenvalue weighted by Crippen LogP contribution is -2.50. The average molecular weight is 210 g/mol. The maximum Gasteiger partial charge on any atom is 0.398 e. The smallest absolute Gasteiger partial charge is 0.381 e. The van der Waals surface area contributed by atoms with Crippen molar-refractivity contribution in [2.24, 2.45) is 0 Å². The van der Waals surface area contributed by atoms with Gasteiger partial charge in [0.25, 0.3) is 0 Å². The molecule has 5 nitrogen and oxygen atoms in total. The third-order valence-electron chi connectivity index (χ3n) is 2.38. The zero-order chi connectivity index (χ0) is 11.1. The van der Waals surface area contributed by atoms with E-state index in [4.69, 9.17) is 10.2 Å². The molecule has 0 aromatic carbocycles. The summed E-state index contributed by atoms with van der Waals surface area (Å²) in [6.45, 7) is 0.484. The molecule has 1 aliphatic rings. The van der Waals surface area contributed by atoms with Gasteiger partial charge in [0.1, 0.15) is 19.0 Å². The summed E-state index contributed by atoms with van der Waals surface area (Å²) in [6, 6.07) is 0. The Kier molecular flexibility index (Phi) is 2.51. The number of amides is 1. The lowest BCUT2D eigenvalue weighted by atomic mass is 10.1. The number of aliphatic hydroxyl groups is 2. The quantitative estimate of drug-likeness (QED) is 0.595. The number of hydrogen-bond acceptors (Lipinski definition) is 4. The Morgan fingerprint density at radius 2 is 1.79 bits per heavy atom. The Balaban J connectivity index is 3.14. The van der Waals surface area contributed by atoms with Crippen LogP contribution in [0.15, 0.2) is 0 Å². The van der Waals surface area contributed by atoms with E-state index in [9.17, 15) is 13.6 Å². The molecular formula is C7H12F2N2O3. The van der Waals surface area contributed by atoms with Crippen molar-refractivity contribution in [1.29, 1.82) is 0 Å². The van der Waals surface area contributed by atoms with E-state index in [1.807, 2.05) is 0 Å². The van der Waals surface area contributed by atoms with Crippen molar-refractivity contribution in [2.45, 2.75) is 25.6 Å². The monoisotopic (exact) mass is 210 g/mol. The number of halogens is 2. The van der Waals surface area contributed by atoms with Crippen LogP contribution >= 0.6 is 0 Å². The largest absolute Gasteiger partial charge is 0.398 e. The molecule has 0 radical (unpaired) electrons. The fraction of sp³-hybridized carbons (Fsp3) is 0.857. The third kappa shape index (κ3) is 1.20. The van der Waals surface area contributed by atoms with Crippen LogP contribution in [-0.4, -0.2) is 51.1 Å². The highest BCUT2D eigenvalue weighted by Gasteiger charge is 2.63. The van der Waals surface area contributed by atoms with Gasteiger partial charge in [-0.1, -0.05) is 0 Å². The highest BCUT2D eigenvalue weighted by molar-refractivity contribution is 5.88. The van der Waals surface area contributed by atoms with Crippen molar-refractivity contribution in [2.75, 3.05) is 13.5 Å². The summed E-state index contributed by atoms with van der Waals surface area (Å²) in [4.78, 5) is 11.7. The number of rotatable bonds is 2. The van der Waals surface area contributed by atoms with E-state index < -0.39 is 31.1 Å². The molecular weight excluding hydrogens is 198 g/mol. The maximum atomic E-state index is 13.3. The fourth-order valence-corrected chi connectivity index (χ4v) is 1.46. The van der Waals surface area contributed by atoms with Crippen LogP contribution < -0.4 is 0 Å². The lowest BCUT2D eigenvalue weighted by Gasteiger charge is -2.29. The summed E-state index contributed by atoms with van der Waals surface area (Å²) in [5, 5.41) is 17.4. The second kappa shape index (κ2) is 3.11. The molecule has 1 heterocycles. The normalized spacial score (nSPS) is 25.9. The predicted octanol–water partition coefficient (Wildman–Crippen LogP) is -0.641. The Morgan fingerprint density at radius 1 is 1.29 bits per heavy atom. The van der Waals surface area contributed by atoms with Crippen molar-refractivity contribution >= 4 is 5.91 Å². The molecule has 0 aliphatic carbocycles. The molecule has 1 fully saturated rings. The van der Waals surface area contributed by atoms with E-state index >= 15 is 0 Å². The van der Waals surface area contributed by atoms with Gasteiger partial charge in [-0.05, 0) is 13.8 Å². The molecule has 1 rings (SSSR count). The topological polar surface area (TPSA) is 64.0 Å². The molecule has 14 heavy (non-hydrogen) atoms. The van der Waals surface area contributed by atoms with Crippen LogP contribution in [0.2, 0.25) is 0 Å². The Labute approximate surface area is 79.5 Å². The molecule has 0 atom stereocenters. The SMILES string of the molecule is CC1(C)C(=O)N(CO)C(F)(F)N1CO. The van der Waals surface area contributed by atoms with Gasteiger partial charge in [-0.25, -0.2) is 4.90 Å². The highest BCUT2D eigenvalue weighted by atomic mass is 19.3. The number of aliphatic hydroxyl groups excluding tert-OH is 2.